The second-order valence-electron chi connectivity index (χ2n) is 8.04. The molecule has 0 radical (unpaired) electrons. The van der Waals surface area contributed by atoms with Gasteiger partial charge in [-0.15, -0.1) is 23.2 Å². The fourth-order valence-corrected chi connectivity index (χ4v) is 4.14. The molecule has 0 saturated carbocycles. The van der Waals surface area contributed by atoms with Crippen LogP contribution in [-0.4, -0.2) is 35.9 Å². The average Bonchev–Trinajstić information content (AvgIpc) is 2.86. The molecule has 4 rings (SSSR count). The van der Waals surface area contributed by atoms with E-state index in [0.717, 1.165) is 11.4 Å². The number of hydrogen-bond acceptors (Lipinski definition) is 4. The lowest BCUT2D eigenvalue weighted by Crippen LogP contribution is -2.27. The summed E-state index contributed by atoms with van der Waals surface area (Å²) in [6.07, 6.45) is 0. The predicted molar refractivity (Wildman–Crippen MR) is 146 cm³/mol. The van der Waals surface area contributed by atoms with E-state index in [1.807, 2.05) is 31.2 Å². The van der Waals surface area contributed by atoms with Crippen LogP contribution in [0, 0.1) is 12.7 Å². The lowest BCUT2D eigenvalue weighted by Gasteiger charge is -2.23. The summed E-state index contributed by atoms with van der Waals surface area (Å²) in [5, 5.41) is 6.19. The lowest BCUT2D eigenvalue weighted by atomic mass is 10.2. The number of carbonyl (C=O) groups is 1. The molecule has 2 amide bonds. The van der Waals surface area contributed by atoms with E-state index in [4.69, 9.17) is 27.9 Å². The first kappa shape index (κ1) is 25.5. The van der Waals surface area contributed by atoms with E-state index >= 15 is 0 Å². The first-order valence-electron chi connectivity index (χ1n) is 11.3. The van der Waals surface area contributed by atoms with Gasteiger partial charge < -0.3 is 20.3 Å². The van der Waals surface area contributed by atoms with Crippen LogP contribution >= 0.6 is 23.2 Å². The van der Waals surface area contributed by atoms with Crippen molar-refractivity contribution in [1.29, 1.82) is 0 Å². The highest BCUT2D eigenvalue weighted by Crippen LogP contribution is 2.31. The van der Waals surface area contributed by atoms with Crippen molar-refractivity contribution in [2.24, 2.45) is 0 Å². The van der Waals surface area contributed by atoms with E-state index < -0.39 is 0 Å². The van der Waals surface area contributed by atoms with Gasteiger partial charge in [-0.3, -0.25) is 4.98 Å². The third-order valence-corrected chi connectivity index (χ3v) is 5.74. The zero-order valence-electron chi connectivity index (χ0n) is 19.6. The molecule has 0 aliphatic carbocycles. The molecular formula is C27H25Cl2FN4O2. The van der Waals surface area contributed by atoms with E-state index in [0.29, 0.717) is 58.6 Å². The second kappa shape index (κ2) is 11.9. The number of aryl methyl sites for hydroxylation is 1. The predicted octanol–water partition coefficient (Wildman–Crippen LogP) is 7.40. The number of carbonyl (C=O) groups excluding carboxylic acids is 1. The minimum atomic E-state index is -0.374. The maximum Gasteiger partial charge on any atom is 0.323 e. The molecule has 6 nitrogen and oxygen atoms in total. The Balaban J connectivity index is 1.38. The molecule has 186 valence electrons. The Labute approximate surface area is 219 Å². The molecule has 0 aliphatic heterocycles. The van der Waals surface area contributed by atoms with Crippen molar-refractivity contribution in [2.45, 2.75) is 6.92 Å². The molecule has 0 fully saturated rings. The Morgan fingerprint density at radius 3 is 2.14 bits per heavy atom. The Hall–Kier alpha value is -3.55. The van der Waals surface area contributed by atoms with Crippen LogP contribution in [0.5, 0.6) is 11.5 Å². The number of anilines is 3. The van der Waals surface area contributed by atoms with Crippen LogP contribution < -0.4 is 20.3 Å². The van der Waals surface area contributed by atoms with Crippen LogP contribution in [-0.2, 0) is 0 Å². The van der Waals surface area contributed by atoms with Crippen molar-refractivity contribution in [1.82, 2.24) is 4.98 Å². The second-order valence-corrected chi connectivity index (χ2v) is 8.80. The van der Waals surface area contributed by atoms with Gasteiger partial charge in [0.25, 0.3) is 0 Å². The number of fused-ring (bicyclic) bond motifs is 1. The SMILES string of the molecule is Cc1cc(Oc2ccc(NC(=O)Nc3ccc(N(CCCl)CCCl)cc3)cc2)c2cc(F)ccc2n1. The number of aromatic nitrogens is 1. The Kier molecular flexibility index (Phi) is 8.46. The topological polar surface area (TPSA) is 66.5 Å². The van der Waals surface area contributed by atoms with Crippen molar-refractivity contribution < 1.29 is 13.9 Å². The van der Waals surface area contributed by atoms with Gasteiger partial charge in [0, 0.05) is 59.1 Å². The monoisotopic (exact) mass is 526 g/mol. The van der Waals surface area contributed by atoms with Crippen LogP contribution in [0.1, 0.15) is 5.69 Å². The number of benzene rings is 3. The number of hydrogen-bond donors (Lipinski definition) is 2. The first-order valence-corrected chi connectivity index (χ1v) is 12.4. The van der Waals surface area contributed by atoms with E-state index in [1.54, 1.807) is 36.4 Å². The summed E-state index contributed by atoms with van der Waals surface area (Å²) in [5.74, 6) is 1.70. The first-order chi connectivity index (χ1) is 17.4. The zero-order valence-corrected chi connectivity index (χ0v) is 21.1. The van der Waals surface area contributed by atoms with E-state index in [9.17, 15) is 9.18 Å². The van der Waals surface area contributed by atoms with E-state index in [-0.39, 0.29) is 11.8 Å². The summed E-state index contributed by atoms with van der Waals surface area (Å²) in [7, 11) is 0. The van der Waals surface area contributed by atoms with Gasteiger partial charge in [-0.2, -0.15) is 0 Å². The number of nitrogens with zero attached hydrogens (tertiary/aromatic N) is 2. The minimum Gasteiger partial charge on any atom is -0.457 e. The fourth-order valence-electron chi connectivity index (χ4n) is 3.73. The molecule has 1 heterocycles. The molecule has 0 bridgehead atoms. The normalized spacial score (nSPS) is 10.8. The largest absolute Gasteiger partial charge is 0.457 e. The number of halogens is 3. The molecule has 0 aliphatic rings. The molecule has 0 atom stereocenters. The van der Waals surface area contributed by atoms with Crippen LogP contribution in [0.4, 0.5) is 26.2 Å². The van der Waals surface area contributed by atoms with E-state index in [2.05, 4.69) is 20.5 Å². The maximum absolute atomic E-state index is 13.8. The summed E-state index contributed by atoms with van der Waals surface area (Å²) in [6.45, 7) is 3.23. The summed E-state index contributed by atoms with van der Waals surface area (Å²) < 4.78 is 19.8. The minimum absolute atomic E-state index is 0.360. The summed E-state index contributed by atoms with van der Waals surface area (Å²) >= 11 is 11.7. The van der Waals surface area contributed by atoms with Crippen molar-refractivity contribution in [2.75, 3.05) is 40.4 Å². The molecule has 0 spiro atoms. The van der Waals surface area contributed by atoms with Crippen molar-refractivity contribution >= 4 is 57.2 Å². The number of pyridine rings is 1. The van der Waals surface area contributed by atoms with Gasteiger partial charge in [0.1, 0.15) is 17.3 Å². The zero-order chi connectivity index (χ0) is 25.5. The molecule has 9 heteroatoms. The standard InChI is InChI=1S/C27H25Cl2FN4O2/c1-18-16-26(24-17-19(30)2-11-25(24)31-18)36-23-9-5-21(6-10-23)33-27(35)32-20-3-7-22(8-4-20)34(14-12-28)15-13-29/h2-11,16-17H,12-15H2,1H3,(H2,32,33,35). The van der Waals surface area contributed by atoms with Crippen molar-refractivity contribution in [3.63, 3.8) is 0 Å². The number of ether oxygens (including phenoxy) is 1. The summed E-state index contributed by atoms with van der Waals surface area (Å²) in [5.41, 5.74) is 3.64. The van der Waals surface area contributed by atoms with Gasteiger partial charge in [0.2, 0.25) is 0 Å². The van der Waals surface area contributed by atoms with Crippen molar-refractivity contribution in [3.05, 3.63) is 84.3 Å². The molecule has 36 heavy (non-hydrogen) atoms. The molecule has 4 aromatic rings. The average molecular weight is 527 g/mol. The Bertz CT molecular complexity index is 1330. The lowest BCUT2D eigenvalue weighted by molar-refractivity contribution is 0.262. The quantitative estimate of drug-likeness (QED) is 0.223. The van der Waals surface area contributed by atoms with Crippen LogP contribution in [0.3, 0.4) is 0 Å². The third-order valence-electron chi connectivity index (χ3n) is 5.40. The van der Waals surface area contributed by atoms with Gasteiger partial charge in [-0.25, -0.2) is 9.18 Å². The highest BCUT2D eigenvalue weighted by molar-refractivity contribution is 6.18. The highest BCUT2D eigenvalue weighted by Gasteiger charge is 2.10. The van der Waals surface area contributed by atoms with Gasteiger partial charge in [-0.05, 0) is 73.7 Å². The Morgan fingerprint density at radius 2 is 1.53 bits per heavy atom. The molecule has 0 unspecified atom stereocenters. The maximum atomic E-state index is 13.8. The van der Waals surface area contributed by atoms with Crippen LogP contribution in [0.2, 0.25) is 0 Å². The molecular weight excluding hydrogens is 502 g/mol. The fraction of sp³-hybridized carbons (Fsp3) is 0.185. The van der Waals surface area contributed by atoms with Gasteiger partial charge in [0.05, 0.1) is 5.52 Å². The number of alkyl halides is 2. The number of nitrogens with one attached hydrogen (secondary N) is 2. The summed E-state index contributed by atoms with van der Waals surface area (Å²) in [6, 6.07) is 20.2. The van der Waals surface area contributed by atoms with Gasteiger partial charge in [0.15, 0.2) is 0 Å². The summed E-state index contributed by atoms with van der Waals surface area (Å²) in [4.78, 5) is 19.0. The van der Waals surface area contributed by atoms with Crippen LogP contribution in [0.15, 0.2) is 72.8 Å². The van der Waals surface area contributed by atoms with Gasteiger partial charge in [-0.1, -0.05) is 0 Å². The number of urea groups is 1. The molecule has 3 aromatic carbocycles. The smallest absolute Gasteiger partial charge is 0.323 e. The molecule has 2 N–H and O–H groups in total. The molecule has 1 aromatic heterocycles. The van der Waals surface area contributed by atoms with Crippen LogP contribution in [0.25, 0.3) is 10.9 Å². The van der Waals surface area contributed by atoms with E-state index in [1.165, 1.54) is 12.1 Å². The van der Waals surface area contributed by atoms with Gasteiger partial charge >= 0.3 is 6.03 Å². The van der Waals surface area contributed by atoms with Crippen molar-refractivity contribution in [3.8, 4) is 11.5 Å². The molecule has 0 saturated heterocycles. The highest BCUT2D eigenvalue weighted by atomic mass is 35.5. The number of amides is 2. The Morgan fingerprint density at radius 1 is 0.917 bits per heavy atom. The number of rotatable bonds is 9. The third kappa shape index (κ3) is 6.56.